The maximum atomic E-state index is 14.6. The van der Waals surface area contributed by atoms with Crippen LogP contribution in [-0.4, -0.2) is 0 Å². The second kappa shape index (κ2) is 10.5. The van der Waals surface area contributed by atoms with Crippen LogP contribution in [-0.2, 0) is 4.57 Å². The predicted molar refractivity (Wildman–Crippen MR) is 162 cm³/mol. The number of hydrogen-bond acceptors (Lipinski definition) is 1. The molecule has 0 fully saturated rings. The molecule has 6 rings (SSSR count). The quantitative estimate of drug-likeness (QED) is 0.208. The van der Waals surface area contributed by atoms with E-state index in [2.05, 4.69) is 84.9 Å². The van der Waals surface area contributed by atoms with Crippen molar-refractivity contribution in [3.8, 4) is 33.4 Å². The molecule has 0 aliphatic heterocycles. The minimum atomic E-state index is -2.96. The molecule has 0 amide bonds. The molecule has 0 saturated carbocycles. The first-order chi connectivity index (χ1) is 18.7. The number of rotatable bonds is 6. The van der Waals surface area contributed by atoms with Crippen LogP contribution in [0, 0.1) is 0 Å². The first kappa shape index (κ1) is 23.9. The maximum absolute atomic E-state index is 14.6. The van der Waals surface area contributed by atoms with E-state index in [0.29, 0.717) is 0 Å². The van der Waals surface area contributed by atoms with Crippen molar-refractivity contribution in [3.05, 3.63) is 164 Å². The van der Waals surface area contributed by atoms with E-state index in [1.807, 2.05) is 78.9 Å². The van der Waals surface area contributed by atoms with E-state index in [1.165, 1.54) is 22.3 Å². The van der Waals surface area contributed by atoms with E-state index in [4.69, 9.17) is 0 Å². The largest absolute Gasteiger partial charge is 0.309 e. The molecule has 0 atom stereocenters. The van der Waals surface area contributed by atoms with Gasteiger partial charge in [0.2, 0.25) is 0 Å². The van der Waals surface area contributed by atoms with Crippen LogP contribution < -0.4 is 15.9 Å². The highest BCUT2D eigenvalue weighted by Crippen LogP contribution is 2.42. The summed E-state index contributed by atoms with van der Waals surface area (Å²) in [7, 11) is -2.96. The Balaban J connectivity index is 1.27. The molecule has 182 valence electrons. The lowest BCUT2D eigenvalue weighted by molar-refractivity contribution is 0.592. The molecule has 1 nitrogen and oxygen atoms in total. The van der Waals surface area contributed by atoms with Gasteiger partial charge in [0.25, 0.3) is 0 Å². The molecule has 0 unspecified atom stereocenters. The minimum Gasteiger partial charge on any atom is -0.309 e. The van der Waals surface area contributed by atoms with E-state index in [-0.39, 0.29) is 0 Å². The van der Waals surface area contributed by atoms with E-state index < -0.39 is 7.14 Å². The molecular weight excluding hydrogens is 479 g/mol. The van der Waals surface area contributed by atoms with Crippen LogP contribution >= 0.6 is 7.14 Å². The SMILES string of the molecule is O=P(c1ccccc1)(c1ccccc1)c1ccc(-c2ccc(-c3ccc(-c4ccccc4)cc3)cc2)cc1. The van der Waals surface area contributed by atoms with Gasteiger partial charge in [-0.2, -0.15) is 0 Å². The highest BCUT2D eigenvalue weighted by atomic mass is 31.2. The molecular formula is C36H27OP. The molecule has 0 aliphatic carbocycles. The number of benzene rings is 6. The second-order valence-electron chi connectivity index (χ2n) is 9.35. The van der Waals surface area contributed by atoms with E-state index in [1.54, 1.807) is 0 Å². The van der Waals surface area contributed by atoms with E-state index in [0.717, 1.165) is 27.0 Å². The Kier molecular flexibility index (Phi) is 6.61. The Bertz CT molecular complexity index is 1630. The summed E-state index contributed by atoms with van der Waals surface area (Å²) >= 11 is 0. The summed E-state index contributed by atoms with van der Waals surface area (Å²) in [5, 5.41) is 2.54. The van der Waals surface area contributed by atoms with Gasteiger partial charge in [-0.1, -0.05) is 164 Å². The van der Waals surface area contributed by atoms with Gasteiger partial charge >= 0.3 is 0 Å². The first-order valence-corrected chi connectivity index (χ1v) is 14.5. The first-order valence-electron chi connectivity index (χ1n) is 12.8. The second-order valence-corrected chi connectivity index (χ2v) is 12.1. The van der Waals surface area contributed by atoms with Crippen LogP contribution in [0.4, 0.5) is 0 Å². The Labute approximate surface area is 224 Å². The zero-order valence-corrected chi connectivity index (χ0v) is 21.8. The smallest absolute Gasteiger partial charge is 0.171 e. The van der Waals surface area contributed by atoms with E-state index >= 15 is 0 Å². The minimum absolute atomic E-state index is 0.841. The molecule has 0 N–H and O–H groups in total. The van der Waals surface area contributed by atoms with Crippen molar-refractivity contribution in [2.75, 3.05) is 0 Å². The van der Waals surface area contributed by atoms with Crippen LogP contribution in [0.5, 0.6) is 0 Å². The van der Waals surface area contributed by atoms with Gasteiger partial charge in [0.1, 0.15) is 0 Å². The Morgan fingerprint density at radius 3 is 0.842 bits per heavy atom. The fourth-order valence-corrected chi connectivity index (χ4v) is 7.58. The molecule has 2 heteroatoms. The molecule has 0 aliphatic rings. The van der Waals surface area contributed by atoms with Crippen molar-refractivity contribution in [1.82, 2.24) is 0 Å². The van der Waals surface area contributed by atoms with Crippen molar-refractivity contribution in [2.45, 2.75) is 0 Å². The zero-order chi connectivity index (χ0) is 25.8. The monoisotopic (exact) mass is 506 g/mol. The fraction of sp³-hybridized carbons (Fsp3) is 0. The average molecular weight is 507 g/mol. The van der Waals surface area contributed by atoms with E-state index in [9.17, 15) is 4.57 Å². The van der Waals surface area contributed by atoms with Crippen molar-refractivity contribution in [3.63, 3.8) is 0 Å². The molecule has 0 radical (unpaired) electrons. The van der Waals surface area contributed by atoms with Crippen LogP contribution in [0.1, 0.15) is 0 Å². The number of hydrogen-bond donors (Lipinski definition) is 0. The lowest BCUT2D eigenvalue weighted by Crippen LogP contribution is -2.24. The normalized spacial score (nSPS) is 11.3. The molecule has 0 spiro atoms. The molecule has 6 aromatic rings. The van der Waals surface area contributed by atoms with Crippen LogP contribution in [0.15, 0.2) is 164 Å². The van der Waals surface area contributed by atoms with Crippen LogP contribution in [0.25, 0.3) is 33.4 Å². The summed E-state index contributed by atoms with van der Waals surface area (Å²) < 4.78 is 14.6. The van der Waals surface area contributed by atoms with Crippen LogP contribution in [0.3, 0.4) is 0 Å². The zero-order valence-electron chi connectivity index (χ0n) is 20.9. The molecule has 38 heavy (non-hydrogen) atoms. The molecule has 6 aromatic carbocycles. The van der Waals surface area contributed by atoms with Gasteiger partial charge in [-0.15, -0.1) is 0 Å². The predicted octanol–water partition coefficient (Wildman–Crippen LogP) is 8.33. The van der Waals surface area contributed by atoms with Crippen molar-refractivity contribution in [1.29, 1.82) is 0 Å². The molecule has 0 aromatic heterocycles. The summed E-state index contributed by atoms with van der Waals surface area (Å²) in [5.41, 5.74) is 7.06. The van der Waals surface area contributed by atoms with Crippen molar-refractivity contribution >= 4 is 23.1 Å². The molecule has 0 bridgehead atoms. The third kappa shape index (κ3) is 4.65. The van der Waals surface area contributed by atoms with Gasteiger partial charge in [0.15, 0.2) is 7.14 Å². The molecule has 0 saturated heterocycles. The topological polar surface area (TPSA) is 17.1 Å². The van der Waals surface area contributed by atoms with Gasteiger partial charge < -0.3 is 4.57 Å². The van der Waals surface area contributed by atoms with Crippen molar-refractivity contribution < 1.29 is 4.57 Å². The van der Waals surface area contributed by atoms with Crippen molar-refractivity contribution in [2.24, 2.45) is 0 Å². The maximum Gasteiger partial charge on any atom is 0.171 e. The van der Waals surface area contributed by atoms with Crippen LogP contribution in [0.2, 0.25) is 0 Å². The summed E-state index contributed by atoms with van der Waals surface area (Å²) in [5.74, 6) is 0. The third-order valence-corrected chi connectivity index (χ3v) is 10.1. The third-order valence-electron chi connectivity index (χ3n) is 7.01. The van der Waals surface area contributed by atoms with Gasteiger partial charge in [-0.25, -0.2) is 0 Å². The fourth-order valence-electron chi connectivity index (χ4n) is 4.93. The van der Waals surface area contributed by atoms with Gasteiger partial charge in [-0.05, 0) is 33.4 Å². The van der Waals surface area contributed by atoms with Gasteiger partial charge in [0, 0.05) is 15.9 Å². The Morgan fingerprint density at radius 2 is 0.500 bits per heavy atom. The lowest BCUT2D eigenvalue weighted by Gasteiger charge is -2.20. The average Bonchev–Trinajstić information content (AvgIpc) is 3.02. The highest BCUT2D eigenvalue weighted by molar-refractivity contribution is 7.85. The Morgan fingerprint density at radius 1 is 0.263 bits per heavy atom. The standard InChI is InChI=1S/C36H27OP/c37-38(34-12-6-2-7-13-34,35-14-8-3-9-15-35)36-26-24-33(25-27-36)32-22-20-31(21-23-32)30-18-16-29(17-19-30)28-10-4-1-5-11-28/h1-27H. The Hall–Kier alpha value is -4.45. The molecule has 0 heterocycles. The van der Waals surface area contributed by atoms with Gasteiger partial charge in [0.05, 0.1) is 0 Å². The lowest BCUT2D eigenvalue weighted by atomic mass is 9.98. The summed E-state index contributed by atoms with van der Waals surface area (Å²) in [4.78, 5) is 0. The summed E-state index contributed by atoms with van der Waals surface area (Å²) in [6, 6.07) is 55.6. The van der Waals surface area contributed by atoms with Gasteiger partial charge in [-0.3, -0.25) is 0 Å². The summed E-state index contributed by atoms with van der Waals surface area (Å²) in [6.07, 6.45) is 0. The highest BCUT2D eigenvalue weighted by Gasteiger charge is 2.29. The summed E-state index contributed by atoms with van der Waals surface area (Å²) in [6.45, 7) is 0.